The average molecular weight is 326 g/mol. The average Bonchev–Trinajstić information content (AvgIpc) is 2.57. The molecule has 0 aliphatic carbocycles. The smallest absolute Gasteiger partial charge is 0.334 e. The summed E-state index contributed by atoms with van der Waals surface area (Å²) in [5.74, 6) is -0.659. The summed E-state index contributed by atoms with van der Waals surface area (Å²) in [6, 6.07) is 13.9. The minimum atomic E-state index is -0.606. The van der Waals surface area contributed by atoms with Gasteiger partial charge in [0.25, 0.3) is 0 Å². The highest BCUT2D eigenvalue weighted by molar-refractivity contribution is 5.92. The minimum Gasteiger partial charge on any atom is -0.506 e. The molecule has 0 aromatic heterocycles. The maximum Gasteiger partial charge on any atom is 0.334 e. The van der Waals surface area contributed by atoms with Crippen LogP contribution in [-0.2, 0) is 9.53 Å². The number of aromatic hydroxyl groups is 1. The number of rotatable bonds is 5. The van der Waals surface area contributed by atoms with Crippen LogP contribution in [0.5, 0.6) is 5.75 Å². The zero-order chi connectivity index (χ0) is 17.5. The van der Waals surface area contributed by atoms with E-state index in [-0.39, 0.29) is 23.7 Å². The molecule has 2 aromatic carbocycles. The maximum atomic E-state index is 11.8. The number of carbonyl (C=O) groups excluding carboxylic acids is 2. The van der Waals surface area contributed by atoms with Crippen molar-refractivity contribution in [2.24, 2.45) is 0 Å². The number of phenolic OH excluding ortho intramolecular Hbond substituents is 1. The lowest BCUT2D eigenvalue weighted by atomic mass is 10.0. The summed E-state index contributed by atoms with van der Waals surface area (Å²) >= 11 is 0. The molecular formula is C18H18N2O4. The third-order valence-corrected chi connectivity index (χ3v) is 3.14. The van der Waals surface area contributed by atoms with E-state index in [2.05, 4.69) is 17.2 Å². The van der Waals surface area contributed by atoms with Gasteiger partial charge < -0.3 is 20.5 Å². The molecule has 0 saturated heterocycles. The number of carbonyl (C=O) groups is 2. The van der Waals surface area contributed by atoms with Gasteiger partial charge in [-0.1, -0.05) is 43.0 Å². The number of esters is 1. The van der Waals surface area contributed by atoms with Crippen molar-refractivity contribution >= 4 is 17.7 Å². The fourth-order valence-electron chi connectivity index (χ4n) is 1.90. The molecule has 0 atom stereocenters. The molecule has 0 spiro atoms. The Labute approximate surface area is 139 Å². The van der Waals surface area contributed by atoms with Gasteiger partial charge in [0, 0.05) is 5.57 Å². The SMILES string of the molecule is C=C(C)C(=O)OCNC(=O)Nc1cc(-c2ccccc2)ccc1O. The van der Waals surface area contributed by atoms with Gasteiger partial charge in [-0.2, -0.15) is 0 Å². The van der Waals surface area contributed by atoms with Crippen molar-refractivity contribution in [3.8, 4) is 16.9 Å². The van der Waals surface area contributed by atoms with Gasteiger partial charge in [-0.25, -0.2) is 9.59 Å². The fraction of sp³-hybridized carbons (Fsp3) is 0.111. The molecule has 0 fully saturated rings. The van der Waals surface area contributed by atoms with Gasteiger partial charge in [-0.3, -0.25) is 0 Å². The van der Waals surface area contributed by atoms with E-state index in [0.717, 1.165) is 11.1 Å². The summed E-state index contributed by atoms with van der Waals surface area (Å²) in [5.41, 5.74) is 2.29. The van der Waals surface area contributed by atoms with Crippen molar-refractivity contribution in [3.63, 3.8) is 0 Å². The molecule has 6 nitrogen and oxygen atoms in total. The van der Waals surface area contributed by atoms with Crippen LogP contribution >= 0.6 is 0 Å². The van der Waals surface area contributed by atoms with Gasteiger partial charge in [0.2, 0.25) is 0 Å². The number of urea groups is 1. The number of nitrogens with one attached hydrogen (secondary N) is 2. The summed E-state index contributed by atoms with van der Waals surface area (Å²) in [6.45, 7) is 4.65. The largest absolute Gasteiger partial charge is 0.506 e. The molecule has 0 aliphatic heterocycles. The predicted molar refractivity (Wildman–Crippen MR) is 91.5 cm³/mol. The van der Waals surface area contributed by atoms with Gasteiger partial charge in [0.05, 0.1) is 5.69 Å². The normalized spacial score (nSPS) is 9.88. The maximum absolute atomic E-state index is 11.8. The number of benzene rings is 2. The number of phenols is 1. The van der Waals surface area contributed by atoms with Gasteiger partial charge in [-0.15, -0.1) is 0 Å². The molecule has 0 unspecified atom stereocenters. The second kappa shape index (κ2) is 7.82. The zero-order valence-corrected chi connectivity index (χ0v) is 13.2. The molecule has 2 rings (SSSR count). The van der Waals surface area contributed by atoms with Crippen LogP contribution in [0.4, 0.5) is 10.5 Å². The first-order valence-corrected chi connectivity index (χ1v) is 7.23. The first kappa shape index (κ1) is 17.1. The Morgan fingerprint density at radius 2 is 1.83 bits per heavy atom. The first-order valence-electron chi connectivity index (χ1n) is 7.23. The van der Waals surface area contributed by atoms with Crippen LogP contribution in [0.3, 0.4) is 0 Å². The fourth-order valence-corrected chi connectivity index (χ4v) is 1.90. The van der Waals surface area contributed by atoms with Crippen molar-refractivity contribution in [2.75, 3.05) is 12.0 Å². The molecule has 3 N–H and O–H groups in total. The van der Waals surface area contributed by atoms with Crippen molar-refractivity contribution in [1.82, 2.24) is 5.32 Å². The summed E-state index contributed by atoms with van der Waals surface area (Å²) < 4.78 is 4.76. The Hall–Kier alpha value is -3.28. The van der Waals surface area contributed by atoms with Crippen LogP contribution < -0.4 is 10.6 Å². The number of amides is 2. The van der Waals surface area contributed by atoms with Gasteiger partial charge in [0.1, 0.15) is 5.75 Å². The summed E-state index contributed by atoms with van der Waals surface area (Å²) in [5, 5.41) is 14.7. The lowest BCUT2D eigenvalue weighted by Gasteiger charge is -2.11. The minimum absolute atomic E-state index is 0.0660. The number of ether oxygens (including phenoxy) is 1. The molecule has 0 heterocycles. The molecule has 2 amide bonds. The highest BCUT2D eigenvalue weighted by Gasteiger charge is 2.09. The summed E-state index contributed by atoms with van der Waals surface area (Å²) in [6.07, 6.45) is 0. The van der Waals surface area contributed by atoms with Crippen molar-refractivity contribution in [1.29, 1.82) is 0 Å². The van der Waals surface area contributed by atoms with Crippen molar-refractivity contribution in [2.45, 2.75) is 6.92 Å². The molecule has 24 heavy (non-hydrogen) atoms. The van der Waals surface area contributed by atoms with Gasteiger partial charge >= 0.3 is 12.0 Å². The molecule has 0 radical (unpaired) electrons. The van der Waals surface area contributed by atoms with Crippen LogP contribution in [0, 0.1) is 0 Å². The topological polar surface area (TPSA) is 87.7 Å². The molecule has 6 heteroatoms. The standard InChI is InChI=1S/C18H18N2O4/c1-12(2)17(22)24-11-19-18(23)20-15-10-14(8-9-16(15)21)13-6-4-3-5-7-13/h3-10,21H,1,11H2,2H3,(H2,19,20,23). The van der Waals surface area contributed by atoms with E-state index < -0.39 is 12.0 Å². The first-order chi connectivity index (χ1) is 11.5. The third kappa shape index (κ3) is 4.61. The summed E-state index contributed by atoms with van der Waals surface area (Å²) in [4.78, 5) is 23.0. The molecule has 0 bridgehead atoms. The summed E-state index contributed by atoms with van der Waals surface area (Å²) in [7, 11) is 0. The molecule has 0 aliphatic rings. The van der Waals surface area contributed by atoms with Crippen LogP contribution in [0.2, 0.25) is 0 Å². The van der Waals surface area contributed by atoms with Gasteiger partial charge in [0.15, 0.2) is 6.73 Å². The Morgan fingerprint density at radius 1 is 1.12 bits per heavy atom. The molecule has 0 saturated carbocycles. The van der Waals surface area contributed by atoms with Crippen molar-refractivity contribution < 1.29 is 19.4 Å². The van der Waals surface area contributed by atoms with Crippen LogP contribution in [0.1, 0.15) is 6.92 Å². The third-order valence-electron chi connectivity index (χ3n) is 3.14. The highest BCUT2D eigenvalue weighted by atomic mass is 16.5. The predicted octanol–water partition coefficient (Wildman–Crippen LogP) is 3.26. The monoisotopic (exact) mass is 326 g/mol. The van der Waals surface area contributed by atoms with Gasteiger partial charge in [-0.05, 0) is 30.2 Å². The molecule has 124 valence electrons. The zero-order valence-electron chi connectivity index (χ0n) is 13.2. The van der Waals surface area contributed by atoms with Crippen molar-refractivity contribution in [3.05, 3.63) is 60.7 Å². The Kier molecular flexibility index (Phi) is 5.57. The van der Waals surface area contributed by atoms with E-state index in [0.29, 0.717) is 0 Å². The second-order valence-corrected chi connectivity index (χ2v) is 5.09. The lowest BCUT2D eigenvalue weighted by Crippen LogP contribution is -2.31. The highest BCUT2D eigenvalue weighted by Crippen LogP contribution is 2.29. The lowest BCUT2D eigenvalue weighted by molar-refractivity contribution is -0.139. The van der Waals surface area contributed by atoms with E-state index in [1.54, 1.807) is 12.1 Å². The van der Waals surface area contributed by atoms with E-state index in [9.17, 15) is 14.7 Å². The van der Waals surface area contributed by atoms with Crippen LogP contribution in [-0.4, -0.2) is 23.8 Å². The molecule has 2 aromatic rings. The Morgan fingerprint density at radius 3 is 2.50 bits per heavy atom. The Balaban J connectivity index is 2.00. The van der Waals surface area contributed by atoms with E-state index >= 15 is 0 Å². The van der Waals surface area contributed by atoms with E-state index in [4.69, 9.17) is 4.74 Å². The number of anilines is 1. The number of hydrogen-bond donors (Lipinski definition) is 3. The Bertz CT molecular complexity index is 757. The molecular weight excluding hydrogens is 308 g/mol. The van der Waals surface area contributed by atoms with E-state index in [1.807, 2.05) is 30.3 Å². The quantitative estimate of drug-likeness (QED) is 0.341. The second-order valence-electron chi connectivity index (χ2n) is 5.09. The van der Waals surface area contributed by atoms with Crippen LogP contribution in [0.25, 0.3) is 11.1 Å². The number of hydrogen-bond acceptors (Lipinski definition) is 4. The van der Waals surface area contributed by atoms with Crippen LogP contribution in [0.15, 0.2) is 60.7 Å². The van der Waals surface area contributed by atoms with E-state index in [1.165, 1.54) is 13.0 Å².